The molecule has 1 heterocycles. The number of rotatable bonds is 7. The highest BCUT2D eigenvalue weighted by Crippen LogP contribution is 2.20. The fourth-order valence-corrected chi connectivity index (χ4v) is 3.92. The summed E-state index contributed by atoms with van der Waals surface area (Å²) in [6.07, 6.45) is 2.13. The molecular weight excluding hydrogens is 479 g/mol. The minimum Gasteiger partial charge on any atom is -0.494 e. The Labute approximate surface area is 180 Å². The number of guanidine groups is 1. The zero-order valence-electron chi connectivity index (χ0n) is 16.5. The van der Waals surface area contributed by atoms with E-state index in [1.807, 2.05) is 19.9 Å². The summed E-state index contributed by atoms with van der Waals surface area (Å²) in [5.74, 6) is 1.88. The first-order chi connectivity index (χ1) is 12.3. The van der Waals surface area contributed by atoms with Crippen LogP contribution in [0, 0.1) is 12.8 Å². The average molecular weight is 510 g/mol. The van der Waals surface area contributed by atoms with Crippen LogP contribution in [0.3, 0.4) is 0 Å². The molecular formula is C18H31IN4O3S. The predicted octanol–water partition coefficient (Wildman–Crippen LogP) is 1.96. The topological polar surface area (TPSA) is 83.0 Å². The minimum atomic E-state index is -3.09. The number of aryl methyl sites for hydroxylation is 1. The fraction of sp³-hybridized carbons (Fsp3) is 0.611. The highest BCUT2D eigenvalue weighted by Gasteiger charge is 2.28. The van der Waals surface area contributed by atoms with Crippen molar-refractivity contribution in [2.45, 2.75) is 26.8 Å². The molecule has 7 nitrogen and oxygen atoms in total. The molecule has 1 aliphatic heterocycles. The van der Waals surface area contributed by atoms with E-state index in [9.17, 15) is 8.42 Å². The van der Waals surface area contributed by atoms with Gasteiger partial charge in [0.1, 0.15) is 5.75 Å². The van der Waals surface area contributed by atoms with Gasteiger partial charge < -0.3 is 15.4 Å². The third-order valence-electron chi connectivity index (χ3n) is 4.47. The second-order valence-electron chi connectivity index (χ2n) is 6.63. The second-order valence-corrected chi connectivity index (χ2v) is 8.61. The average Bonchev–Trinajstić information content (AvgIpc) is 3.06. The van der Waals surface area contributed by atoms with Crippen LogP contribution in [0.25, 0.3) is 0 Å². The van der Waals surface area contributed by atoms with Crippen molar-refractivity contribution in [2.75, 3.05) is 39.5 Å². The van der Waals surface area contributed by atoms with Crippen LogP contribution >= 0.6 is 24.0 Å². The summed E-state index contributed by atoms with van der Waals surface area (Å²) in [5, 5.41) is 6.59. The number of hydrogen-bond donors (Lipinski definition) is 2. The zero-order chi connectivity index (χ0) is 19.2. The van der Waals surface area contributed by atoms with Gasteiger partial charge in [-0.1, -0.05) is 12.1 Å². The maximum Gasteiger partial charge on any atom is 0.211 e. The van der Waals surface area contributed by atoms with Crippen LogP contribution in [0.1, 0.15) is 24.5 Å². The molecule has 1 saturated heterocycles. The number of halogens is 1. The molecule has 0 saturated carbocycles. The molecule has 0 bridgehead atoms. The first-order valence-corrected chi connectivity index (χ1v) is 10.8. The minimum absolute atomic E-state index is 0. The van der Waals surface area contributed by atoms with Gasteiger partial charge in [-0.05, 0) is 37.8 Å². The third kappa shape index (κ3) is 7.46. The first-order valence-electron chi connectivity index (χ1n) is 8.95. The third-order valence-corrected chi connectivity index (χ3v) is 5.74. The van der Waals surface area contributed by atoms with E-state index in [0.717, 1.165) is 23.3 Å². The van der Waals surface area contributed by atoms with Crippen molar-refractivity contribution >= 4 is 40.0 Å². The van der Waals surface area contributed by atoms with Crippen LogP contribution in [0.4, 0.5) is 0 Å². The lowest BCUT2D eigenvalue weighted by Gasteiger charge is -2.17. The van der Waals surface area contributed by atoms with E-state index in [-0.39, 0.29) is 24.0 Å². The van der Waals surface area contributed by atoms with Crippen molar-refractivity contribution < 1.29 is 13.2 Å². The Hall–Kier alpha value is -1.07. The lowest BCUT2D eigenvalue weighted by Crippen LogP contribution is -2.40. The Morgan fingerprint density at radius 2 is 2.11 bits per heavy atom. The van der Waals surface area contributed by atoms with E-state index in [0.29, 0.717) is 44.7 Å². The molecule has 0 aliphatic carbocycles. The van der Waals surface area contributed by atoms with Crippen molar-refractivity contribution in [3.05, 3.63) is 29.3 Å². The Morgan fingerprint density at radius 1 is 1.37 bits per heavy atom. The number of ether oxygens (including phenoxy) is 1. The number of aliphatic imine (C=N–C) groups is 1. The number of benzene rings is 1. The lowest BCUT2D eigenvalue weighted by atomic mass is 10.1. The van der Waals surface area contributed by atoms with E-state index in [2.05, 4.69) is 27.8 Å². The molecule has 2 N–H and O–H groups in total. The van der Waals surface area contributed by atoms with Crippen LogP contribution in [0.2, 0.25) is 0 Å². The molecule has 9 heteroatoms. The van der Waals surface area contributed by atoms with Gasteiger partial charge in [0.15, 0.2) is 5.96 Å². The summed E-state index contributed by atoms with van der Waals surface area (Å²) in [6.45, 7) is 7.10. The largest absolute Gasteiger partial charge is 0.494 e. The molecule has 1 aromatic rings. The van der Waals surface area contributed by atoms with E-state index in [1.54, 1.807) is 7.05 Å². The summed E-state index contributed by atoms with van der Waals surface area (Å²) < 4.78 is 30.4. The van der Waals surface area contributed by atoms with Gasteiger partial charge in [0.25, 0.3) is 0 Å². The van der Waals surface area contributed by atoms with Crippen LogP contribution in [-0.2, 0) is 16.6 Å². The number of hydrogen-bond acceptors (Lipinski definition) is 4. The molecule has 1 atom stereocenters. The normalized spacial score (nSPS) is 18.1. The van der Waals surface area contributed by atoms with E-state index in [1.165, 1.54) is 10.6 Å². The summed E-state index contributed by atoms with van der Waals surface area (Å²) in [5.41, 5.74) is 2.24. The van der Waals surface area contributed by atoms with Crippen LogP contribution < -0.4 is 15.4 Å². The van der Waals surface area contributed by atoms with Crippen molar-refractivity contribution in [1.82, 2.24) is 14.9 Å². The molecule has 0 spiro atoms. The smallest absolute Gasteiger partial charge is 0.211 e. The molecule has 2 rings (SSSR count). The molecule has 1 aliphatic rings. The summed E-state index contributed by atoms with van der Waals surface area (Å²) >= 11 is 0. The Kier molecular flexibility index (Phi) is 9.82. The Morgan fingerprint density at radius 3 is 2.70 bits per heavy atom. The highest BCUT2D eigenvalue weighted by atomic mass is 127. The first kappa shape index (κ1) is 24.0. The SMILES string of the molecule is CCOc1cc(C)ccc1CNC(=NC)NCC1CCN(S(C)(=O)=O)C1.I. The monoisotopic (exact) mass is 510 g/mol. The number of nitrogens with one attached hydrogen (secondary N) is 2. The highest BCUT2D eigenvalue weighted by molar-refractivity contribution is 14.0. The maximum atomic E-state index is 11.6. The Balaban J connectivity index is 0.00000364. The second kappa shape index (κ2) is 11.1. The predicted molar refractivity (Wildman–Crippen MR) is 120 cm³/mol. The van der Waals surface area contributed by atoms with Gasteiger partial charge in [-0.2, -0.15) is 0 Å². The van der Waals surface area contributed by atoms with Crippen LogP contribution in [-0.4, -0.2) is 58.2 Å². The molecule has 1 fully saturated rings. The van der Waals surface area contributed by atoms with Crippen LogP contribution in [0.15, 0.2) is 23.2 Å². The van der Waals surface area contributed by atoms with Gasteiger partial charge in [0, 0.05) is 38.8 Å². The van der Waals surface area contributed by atoms with Crippen molar-refractivity contribution in [1.29, 1.82) is 0 Å². The van der Waals surface area contributed by atoms with Gasteiger partial charge in [-0.25, -0.2) is 12.7 Å². The standard InChI is InChI=1S/C18H30N4O3S.HI/c1-5-25-17-10-14(2)6-7-16(17)12-21-18(19-3)20-11-15-8-9-22(13-15)26(4,23)24;/h6-7,10,15H,5,8-9,11-13H2,1-4H3,(H2,19,20,21);1H. The maximum absolute atomic E-state index is 11.6. The van der Waals surface area contributed by atoms with E-state index >= 15 is 0 Å². The number of sulfonamides is 1. The van der Waals surface area contributed by atoms with Gasteiger partial charge in [-0.3, -0.25) is 4.99 Å². The lowest BCUT2D eigenvalue weighted by molar-refractivity contribution is 0.336. The molecule has 154 valence electrons. The van der Waals surface area contributed by atoms with Gasteiger partial charge in [0.2, 0.25) is 10.0 Å². The van der Waals surface area contributed by atoms with Gasteiger partial charge in [0.05, 0.1) is 12.9 Å². The molecule has 0 amide bonds. The molecule has 0 aromatic heterocycles. The van der Waals surface area contributed by atoms with Crippen molar-refractivity contribution in [2.24, 2.45) is 10.9 Å². The summed E-state index contributed by atoms with van der Waals surface area (Å²) in [6, 6.07) is 6.16. The summed E-state index contributed by atoms with van der Waals surface area (Å²) in [7, 11) is -1.37. The zero-order valence-corrected chi connectivity index (χ0v) is 19.6. The van der Waals surface area contributed by atoms with Crippen molar-refractivity contribution in [3.8, 4) is 5.75 Å². The number of nitrogens with zero attached hydrogens (tertiary/aromatic N) is 2. The van der Waals surface area contributed by atoms with Gasteiger partial charge >= 0.3 is 0 Å². The fourth-order valence-electron chi connectivity index (χ4n) is 3.00. The quantitative estimate of drug-likeness (QED) is 0.333. The van der Waals surface area contributed by atoms with E-state index in [4.69, 9.17) is 4.74 Å². The molecule has 1 unspecified atom stereocenters. The molecule has 1 aromatic carbocycles. The van der Waals surface area contributed by atoms with Crippen LogP contribution in [0.5, 0.6) is 5.75 Å². The molecule has 27 heavy (non-hydrogen) atoms. The van der Waals surface area contributed by atoms with Gasteiger partial charge in [-0.15, -0.1) is 24.0 Å². The summed E-state index contributed by atoms with van der Waals surface area (Å²) in [4.78, 5) is 4.25. The molecule has 0 radical (unpaired) electrons. The van der Waals surface area contributed by atoms with Crippen molar-refractivity contribution in [3.63, 3.8) is 0 Å². The van der Waals surface area contributed by atoms with E-state index < -0.39 is 10.0 Å². The Bertz CT molecular complexity index is 740.